The molecule has 5 rings (SSSR count). The zero-order valence-electron chi connectivity index (χ0n) is 17.4. The molecule has 0 saturated carbocycles. The first-order valence-corrected chi connectivity index (χ1v) is 11.0. The minimum Gasteiger partial charge on any atom is -0.489 e. The van der Waals surface area contributed by atoms with Crippen molar-refractivity contribution in [2.75, 3.05) is 5.32 Å². The van der Waals surface area contributed by atoms with E-state index in [9.17, 15) is 0 Å². The summed E-state index contributed by atoms with van der Waals surface area (Å²) < 4.78 is 5.98. The van der Waals surface area contributed by atoms with Crippen molar-refractivity contribution < 1.29 is 4.74 Å². The number of halogens is 1. The van der Waals surface area contributed by atoms with Gasteiger partial charge in [-0.1, -0.05) is 60.2 Å². The van der Waals surface area contributed by atoms with E-state index in [1.165, 1.54) is 27.9 Å². The van der Waals surface area contributed by atoms with Gasteiger partial charge in [-0.15, -0.1) is 0 Å². The largest absolute Gasteiger partial charge is 0.489 e. The second kappa shape index (κ2) is 7.85. The van der Waals surface area contributed by atoms with Gasteiger partial charge in [-0.2, -0.15) is 0 Å². The monoisotopic (exact) mass is 415 g/mol. The number of anilines is 1. The fourth-order valence-corrected chi connectivity index (χ4v) is 5.02. The minimum atomic E-state index is 0.309. The van der Waals surface area contributed by atoms with E-state index in [-0.39, 0.29) is 0 Å². The molecule has 3 aromatic rings. The molecule has 1 heterocycles. The molecule has 152 valence electrons. The molecular formula is C27H26ClNO. The van der Waals surface area contributed by atoms with E-state index in [0.29, 0.717) is 24.5 Å². The van der Waals surface area contributed by atoms with Crippen LogP contribution in [0.25, 0.3) is 0 Å². The van der Waals surface area contributed by atoms with Gasteiger partial charge in [0, 0.05) is 16.6 Å². The van der Waals surface area contributed by atoms with Crippen molar-refractivity contribution in [3.8, 4) is 5.75 Å². The van der Waals surface area contributed by atoms with Crippen LogP contribution in [0.15, 0.2) is 72.8 Å². The third-order valence-electron chi connectivity index (χ3n) is 6.50. The number of nitrogens with one attached hydrogen (secondary N) is 1. The molecule has 0 unspecified atom stereocenters. The van der Waals surface area contributed by atoms with Crippen molar-refractivity contribution in [1.29, 1.82) is 0 Å². The number of hydrogen-bond donors (Lipinski definition) is 1. The maximum atomic E-state index is 5.98. The van der Waals surface area contributed by atoms with E-state index in [1.807, 2.05) is 24.3 Å². The maximum absolute atomic E-state index is 5.98. The number of benzene rings is 3. The van der Waals surface area contributed by atoms with Crippen molar-refractivity contribution >= 4 is 17.3 Å². The SMILES string of the molecule is Cc1ccc(C)c2c1N[C@@H](c1ccc(OCc3ccc(Cl)cc3)cc1)[C@H]1CC=C[C@@H]21. The van der Waals surface area contributed by atoms with Gasteiger partial charge >= 0.3 is 0 Å². The van der Waals surface area contributed by atoms with Gasteiger partial charge in [0.25, 0.3) is 0 Å². The number of ether oxygens (including phenoxy) is 1. The minimum absolute atomic E-state index is 0.309. The van der Waals surface area contributed by atoms with Crippen LogP contribution in [0.4, 0.5) is 5.69 Å². The number of rotatable bonds is 4. The topological polar surface area (TPSA) is 21.3 Å². The van der Waals surface area contributed by atoms with E-state index in [4.69, 9.17) is 16.3 Å². The van der Waals surface area contributed by atoms with Crippen LogP contribution >= 0.6 is 11.6 Å². The van der Waals surface area contributed by atoms with Crippen molar-refractivity contribution in [2.24, 2.45) is 5.92 Å². The smallest absolute Gasteiger partial charge is 0.119 e. The number of fused-ring (bicyclic) bond motifs is 3. The van der Waals surface area contributed by atoms with Crippen molar-refractivity contribution in [3.05, 3.63) is 106 Å². The Hall–Kier alpha value is -2.71. The third kappa shape index (κ3) is 3.50. The average molecular weight is 416 g/mol. The summed E-state index contributed by atoms with van der Waals surface area (Å²) in [6.45, 7) is 4.98. The molecule has 0 spiro atoms. The summed E-state index contributed by atoms with van der Waals surface area (Å²) >= 11 is 5.96. The molecule has 3 aromatic carbocycles. The highest BCUT2D eigenvalue weighted by Gasteiger charge is 2.39. The van der Waals surface area contributed by atoms with Gasteiger partial charge in [0.1, 0.15) is 12.4 Å². The van der Waals surface area contributed by atoms with Crippen LogP contribution in [0, 0.1) is 19.8 Å². The molecule has 1 aliphatic heterocycles. The van der Waals surface area contributed by atoms with Crippen LogP contribution < -0.4 is 10.1 Å². The first-order chi connectivity index (χ1) is 14.6. The summed E-state index contributed by atoms with van der Waals surface area (Å²) in [7, 11) is 0. The molecule has 2 nitrogen and oxygen atoms in total. The van der Waals surface area contributed by atoms with E-state index >= 15 is 0 Å². The standard InChI is InChI=1S/C27H26ClNO/c1-17-6-7-18(2)26-25(17)23-4-3-5-24(23)27(29-26)20-10-14-22(15-11-20)30-16-19-8-12-21(28)13-9-19/h3-4,6-15,23-24,27,29H,5,16H2,1-2H3/t23-,24+,27+/m1/s1. The van der Waals surface area contributed by atoms with Crippen LogP contribution in [-0.4, -0.2) is 0 Å². The van der Waals surface area contributed by atoms with Gasteiger partial charge in [0.15, 0.2) is 0 Å². The highest BCUT2D eigenvalue weighted by atomic mass is 35.5. The molecule has 3 heteroatoms. The predicted molar refractivity (Wildman–Crippen MR) is 124 cm³/mol. The van der Waals surface area contributed by atoms with Gasteiger partial charge in [-0.05, 0) is 78.3 Å². The molecular weight excluding hydrogens is 390 g/mol. The molecule has 0 saturated heterocycles. The lowest BCUT2D eigenvalue weighted by Crippen LogP contribution is -2.30. The molecule has 2 aliphatic rings. The van der Waals surface area contributed by atoms with E-state index in [2.05, 4.69) is 67.7 Å². The van der Waals surface area contributed by atoms with Gasteiger partial charge in [-0.25, -0.2) is 0 Å². The zero-order valence-corrected chi connectivity index (χ0v) is 18.1. The Morgan fingerprint density at radius 3 is 2.43 bits per heavy atom. The summed E-state index contributed by atoms with van der Waals surface area (Å²) in [5.74, 6) is 1.93. The maximum Gasteiger partial charge on any atom is 0.119 e. The Morgan fingerprint density at radius 1 is 0.933 bits per heavy atom. The van der Waals surface area contributed by atoms with Crippen molar-refractivity contribution in [2.45, 2.75) is 38.8 Å². The Bertz CT molecular complexity index is 1090. The highest BCUT2D eigenvalue weighted by Crippen LogP contribution is 2.51. The summed E-state index contributed by atoms with van der Waals surface area (Å²) in [4.78, 5) is 0. The Kier molecular flexibility index (Phi) is 5.04. The van der Waals surface area contributed by atoms with E-state index in [0.717, 1.165) is 22.8 Å². The van der Waals surface area contributed by atoms with E-state index in [1.54, 1.807) is 0 Å². The van der Waals surface area contributed by atoms with Crippen LogP contribution in [0.1, 0.15) is 46.2 Å². The number of allylic oxidation sites excluding steroid dienone is 2. The second-order valence-corrected chi connectivity index (χ2v) is 8.88. The Balaban J connectivity index is 1.36. The van der Waals surface area contributed by atoms with Crippen LogP contribution in [0.5, 0.6) is 5.75 Å². The Labute approximate surface area is 183 Å². The van der Waals surface area contributed by atoms with Crippen molar-refractivity contribution in [3.63, 3.8) is 0 Å². The predicted octanol–water partition coefficient (Wildman–Crippen LogP) is 7.36. The fraction of sp³-hybridized carbons (Fsp3) is 0.259. The van der Waals surface area contributed by atoms with Gasteiger partial charge in [0.05, 0.1) is 6.04 Å². The van der Waals surface area contributed by atoms with Crippen LogP contribution in [0.2, 0.25) is 5.02 Å². The zero-order chi connectivity index (χ0) is 20.7. The molecule has 1 N–H and O–H groups in total. The third-order valence-corrected chi connectivity index (χ3v) is 6.76. The lowest BCUT2D eigenvalue weighted by Gasteiger charge is -2.39. The van der Waals surface area contributed by atoms with Crippen molar-refractivity contribution in [1.82, 2.24) is 0 Å². The first-order valence-electron chi connectivity index (χ1n) is 10.6. The van der Waals surface area contributed by atoms with E-state index < -0.39 is 0 Å². The molecule has 3 atom stereocenters. The Morgan fingerprint density at radius 2 is 1.67 bits per heavy atom. The lowest BCUT2D eigenvalue weighted by atomic mass is 9.75. The van der Waals surface area contributed by atoms with Gasteiger partial charge in [0.2, 0.25) is 0 Å². The normalized spacial score (nSPS) is 21.6. The second-order valence-electron chi connectivity index (χ2n) is 8.45. The average Bonchev–Trinajstić information content (AvgIpc) is 3.25. The summed E-state index contributed by atoms with van der Waals surface area (Å²) in [5, 5.41) is 4.63. The van der Waals surface area contributed by atoms with Crippen LogP contribution in [0.3, 0.4) is 0 Å². The quantitative estimate of drug-likeness (QED) is 0.449. The molecule has 0 radical (unpaired) electrons. The number of hydrogen-bond acceptors (Lipinski definition) is 2. The van der Waals surface area contributed by atoms with Crippen LogP contribution in [-0.2, 0) is 6.61 Å². The summed E-state index contributed by atoms with van der Waals surface area (Å²) in [6.07, 6.45) is 5.88. The first kappa shape index (κ1) is 19.3. The highest BCUT2D eigenvalue weighted by molar-refractivity contribution is 6.30. The lowest BCUT2D eigenvalue weighted by molar-refractivity contribution is 0.306. The summed E-state index contributed by atoms with van der Waals surface area (Å²) in [6, 6.07) is 21.2. The fourth-order valence-electron chi connectivity index (χ4n) is 4.89. The molecule has 0 amide bonds. The molecule has 0 fully saturated rings. The van der Waals surface area contributed by atoms with Gasteiger partial charge in [-0.3, -0.25) is 0 Å². The van der Waals surface area contributed by atoms with Gasteiger partial charge < -0.3 is 10.1 Å². The molecule has 30 heavy (non-hydrogen) atoms. The number of aryl methyl sites for hydroxylation is 2. The molecule has 0 aromatic heterocycles. The molecule has 0 bridgehead atoms. The summed E-state index contributed by atoms with van der Waals surface area (Å²) in [5.41, 5.74) is 7.93. The molecule has 1 aliphatic carbocycles.